The predicted octanol–water partition coefficient (Wildman–Crippen LogP) is 2.46. The van der Waals surface area contributed by atoms with Crippen molar-refractivity contribution in [3.05, 3.63) is 24.4 Å². The van der Waals surface area contributed by atoms with E-state index in [1.165, 1.54) is 12.8 Å². The first-order valence-electron chi connectivity index (χ1n) is 10.0. The van der Waals surface area contributed by atoms with Crippen molar-refractivity contribution < 1.29 is 14.6 Å². The number of hydrogen-bond donors (Lipinski definition) is 4. The Morgan fingerprint density at radius 3 is 2.75 bits per heavy atom. The number of hydrogen-bond acceptors (Lipinski definition) is 7. The first-order chi connectivity index (χ1) is 13.6. The minimum Gasteiger partial charge on any atom is -0.418 e. The number of H-pyrrole nitrogens is 1. The lowest BCUT2D eigenvalue weighted by atomic mass is 9.52. The lowest BCUT2D eigenvalue weighted by Gasteiger charge is -2.58. The van der Waals surface area contributed by atoms with Gasteiger partial charge in [0.05, 0.1) is 16.9 Å². The van der Waals surface area contributed by atoms with Gasteiger partial charge in [-0.3, -0.25) is 0 Å². The van der Waals surface area contributed by atoms with Crippen LogP contribution in [0.25, 0.3) is 22.5 Å². The summed E-state index contributed by atoms with van der Waals surface area (Å²) in [5, 5.41) is 32.9. The average Bonchev–Trinajstić information content (AvgIpc) is 3.32. The van der Waals surface area contributed by atoms with Gasteiger partial charge < -0.3 is 24.9 Å². The van der Waals surface area contributed by atoms with Crippen molar-refractivity contribution in [1.29, 1.82) is 0 Å². The molecule has 0 aliphatic heterocycles. The van der Waals surface area contributed by atoms with Crippen LogP contribution in [0.3, 0.4) is 0 Å². The Bertz CT molecular complexity index is 1030. The Morgan fingerprint density at radius 1 is 1.21 bits per heavy atom. The van der Waals surface area contributed by atoms with E-state index in [1.807, 2.05) is 12.3 Å². The number of nitrogens with one attached hydrogen (secondary N) is 2. The summed E-state index contributed by atoms with van der Waals surface area (Å²) in [5.41, 5.74) is 2.02. The second-order valence-corrected chi connectivity index (χ2v) is 8.81. The highest BCUT2D eigenvalue weighted by atomic mass is 16.4. The van der Waals surface area contributed by atoms with Gasteiger partial charge in [0, 0.05) is 23.8 Å². The first kappa shape index (κ1) is 16.5. The smallest absolute Gasteiger partial charge is 0.251 e. The number of aromatic amines is 1. The van der Waals surface area contributed by atoms with Gasteiger partial charge in [0.2, 0.25) is 5.89 Å². The van der Waals surface area contributed by atoms with E-state index in [-0.39, 0.29) is 12.5 Å². The molecule has 146 valence electrons. The highest BCUT2D eigenvalue weighted by molar-refractivity contribution is 5.97. The van der Waals surface area contributed by atoms with Crippen LogP contribution in [0.5, 0.6) is 0 Å². The molecule has 0 saturated heterocycles. The van der Waals surface area contributed by atoms with Gasteiger partial charge in [0.25, 0.3) is 5.89 Å². The minimum atomic E-state index is -0.457. The number of anilines is 1. The summed E-state index contributed by atoms with van der Waals surface area (Å²) in [6.07, 6.45) is 8.71. The highest BCUT2D eigenvalue weighted by Gasteiger charge is 2.54. The van der Waals surface area contributed by atoms with Gasteiger partial charge in [0.15, 0.2) is 0 Å². The van der Waals surface area contributed by atoms with E-state index in [0.717, 1.165) is 41.5 Å². The quantitative estimate of drug-likeness (QED) is 0.548. The number of aromatic nitrogens is 4. The second kappa shape index (κ2) is 5.78. The van der Waals surface area contributed by atoms with E-state index in [9.17, 15) is 10.2 Å². The zero-order chi connectivity index (χ0) is 18.9. The van der Waals surface area contributed by atoms with E-state index >= 15 is 0 Å². The molecule has 7 rings (SSSR count). The summed E-state index contributed by atoms with van der Waals surface area (Å²) in [7, 11) is 0. The second-order valence-electron chi connectivity index (χ2n) is 8.81. The number of pyridine rings is 1. The molecular weight excluding hydrogens is 358 g/mol. The minimum absolute atomic E-state index is 0.187. The van der Waals surface area contributed by atoms with Crippen LogP contribution >= 0.6 is 0 Å². The fourth-order valence-electron chi connectivity index (χ4n) is 6.14. The van der Waals surface area contributed by atoms with Crippen LogP contribution in [-0.4, -0.2) is 42.0 Å². The van der Waals surface area contributed by atoms with Crippen LogP contribution in [0.1, 0.15) is 38.0 Å². The van der Waals surface area contributed by atoms with Crippen LogP contribution < -0.4 is 5.32 Å². The summed E-state index contributed by atoms with van der Waals surface area (Å²) in [5.74, 6) is 2.15. The third kappa shape index (κ3) is 2.41. The van der Waals surface area contributed by atoms with E-state index in [2.05, 4.69) is 25.5 Å². The first-order valence-corrected chi connectivity index (χ1v) is 10.0. The number of aliphatic hydroxyl groups excluding tert-OH is 1. The van der Waals surface area contributed by atoms with Crippen molar-refractivity contribution in [2.45, 2.75) is 50.4 Å². The van der Waals surface area contributed by atoms with Gasteiger partial charge in [0.1, 0.15) is 12.3 Å². The molecule has 5 atom stereocenters. The number of fused-ring (bicyclic) bond motifs is 1. The maximum atomic E-state index is 10.9. The molecule has 0 aromatic carbocycles. The average molecular weight is 381 g/mol. The van der Waals surface area contributed by atoms with E-state index in [4.69, 9.17) is 4.42 Å². The van der Waals surface area contributed by atoms with Gasteiger partial charge in [-0.25, -0.2) is 4.98 Å². The van der Waals surface area contributed by atoms with Crippen LogP contribution in [0.2, 0.25) is 0 Å². The molecule has 4 N–H and O–H groups in total. The molecule has 8 nitrogen and oxygen atoms in total. The van der Waals surface area contributed by atoms with Crippen LogP contribution in [0, 0.1) is 17.8 Å². The topological polar surface area (TPSA) is 120 Å². The molecule has 0 amide bonds. The zero-order valence-corrected chi connectivity index (χ0v) is 15.4. The lowest BCUT2D eigenvalue weighted by Crippen LogP contribution is -2.59. The Labute approximate surface area is 161 Å². The zero-order valence-electron chi connectivity index (χ0n) is 15.4. The Balaban J connectivity index is 1.42. The fraction of sp³-hybridized carbons (Fsp3) is 0.550. The van der Waals surface area contributed by atoms with Crippen molar-refractivity contribution >= 4 is 16.7 Å². The third-order valence-electron chi connectivity index (χ3n) is 6.97. The van der Waals surface area contributed by atoms with Gasteiger partial charge in [-0.05, 0) is 55.9 Å². The SMILES string of the molecule is OCc1nnc(-c2cnc3[nH]ccc3c2NC2[C@@H]3CC4C[C@H]2CC(O)(C4)C3)o1. The van der Waals surface area contributed by atoms with Crippen molar-refractivity contribution in [3.63, 3.8) is 0 Å². The summed E-state index contributed by atoms with van der Waals surface area (Å²) in [6, 6.07) is 2.32. The lowest BCUT2D eigenvalue weighted by molar-refractivity contribution is -0.129. The van der Waals surface area contributed by atoms with Crippen LogP contribution in [-0.2, 0) is 6.61 Å². The molecule has 0 spiro atoms. The molecule has 8 heteroatoms. The molecule has 4 fully saturated rings. The van der Waals surface area contributed by atoms with E-state index < -0.39 is 5.60 Å². The van der Waals surface area contributed by atoms with Gasteiger partial charge >= 0.3 is 0 Å². The van der Waals surface area contributed by atoms with Crippen molar-refractivity contribution in [2.24, 2.45) is 17.8 Å². The van der Waals surface area contributed by atoms with Gasteiger partial charge in [-0.2, -0.15) is 0 Å². The van der Waals surface area contributed by atoms with Crippen molar-refractivity contribution in [2.75, 3.05) is 5.32 Å². The van der Waals surface area contributed by atoms with Crippen molar-refractivity contribution in [3.8, 4) is 11.5 Å². The fourth-order valence-corrected chi connectivity index (χ4v) is 6.14. The van der Waals surface area contributed by atoms with Gasteiger partial charge in [-0.1, -0.05) is 0 Å². The molecule has 4 aliphatic rings. The summed E-state index contributed by atoms with van der Waals surface area (Å²) >= 11 is 0. The summed E-state index contributed by atoms with van der Waals surface area (Å²) in [6.45, 7) is -0.289. The standard InChI is InChI=1S/C20H23N5O3/c26-9-15-24-25-19(28-15)14-8-22-18-13(1-2-21-18)17(14)23-16-11-3-10-4-12(16)7-20(27,5-10)6-11/h1-2,8,10-12,16,26-27H,3-7,9H2,(H2,21,22,23)/t10?,11-,12+,16?,20?. The summed E-state index contributed by atoms with van der Waals surface area (Å²) < 4.78 is 5.61. The molecule has 4 saturated carbocycles. The Morgan fingerprint density at radius 2 is 2.04 bits per heavy atom. The normalized spacial score (nSPS) is 33.6. The molecule has 3 unspecified atom stereocenters. The number of nitrogens with zero attached hydrogens (tertiary/aromatic N) is 3. The maximum absolute atomic E-state index is 10.9. The molecule has 28 heavy (non-hydrogen) atoms. The molecule has 3 aromatic rings. The van der Waals surface area contributed by atoms with Gasteiger partial charge in [-0.15, -0.1) is 10.2 Å². The van der Waals surface area contributed by atoms with Crippen LogP contribution in [0.15, 0.2) is 22.9 Å². The molecule has 3 heterocycles. The third-order valence-corrected chi connectivity index (χ3v) is 6.97. The Hall–Kier alpha value is -2.45. The maximum Gasteiger partial charge on any atom is 0.251 e. The van der Waals surface area contributed by atoms with E-state index in [1.54, 1.807) is 6.20 Å². The molecule has 4 bridgehead atoms. The Kier molecular flexibility index (Phi) is 3.40. The van der Waals surface area contributed by atoms with Crippen molar-refractivity contribution in [1.82, 2.24) is 20.2 Å². The van der Waals surface area contributed by atoms with Crippen LogP contribution in [0.4, 0.5) is 5.69 Å². The summed E-state index contributed by atoms with van der Waals surface area (Å²) in [4.78, 5) is 7.65. The molecule has 0 radical (unpaired) electrons. The molecule has 3 aromatic heterocycles. The monoisotopic (exact) mass is 381 g/mol. The number of aliphatic hydroxyl groups is 2. The molecule has 4 aliphatic carbocycles. The highest BCUT2D eigenvalue weighted by Crippen LogP contribution is 2.56. The molecular formula is C20H23N5O3. The number of rotatable bonds is 4. The predicted molar refractivity (Wildman–Crippen MR) is 101 cm³/mol. The van der Waals surface area contributed by atoms with E-state index in [0.29, 0.717) is 29.7 Å². The largest absolute Gasteiger partial charge is 0.418 e.